The molecule has 4 saturated carbocycles. The highest BCUT2D eigenvalue weighted by Gasteiger charge is 2.51. The molecule has 0 saturated heterocycles. The number of benzene rings is 2. The summed E-state index contributed by atoms with van der Waals surface area (Å²) in [7, 11) is 0. The van der Waals surface area contributed by atoms with Gasteiger partial charge >= 0.3 is 0 Å². The normalized spacial score (nSPS) is 28.6. The van der Waals surface area contributed by atoms with Crippen LogP contribution in [0.15, 0.2) is 53.1 Å². The van der Waals surface area contributed by atoms with Gasteiger partial charge in [0, 0.05) is 11.1 Å². The van der Waals surface area contributed by atoms with Gasteiger partial charge in [-0.15, -0.1) is 0 Å². The Bertz CT molecular complexity index is 1050. The van der Waals surface area contributed by atoms with Crippen molar-refractivity contribution in [3.63, 3.8) is 0 Å². The number of aromatic nitrogens is 2. The zero-order chi connectivity index (χ0) is 20.8. The molecule has 2 N–H and O–H groups in total. The Morgan fingerprint density at radius 1 is 0.903 bits per heavy atom. The Morgan fingerprint density at radius 3 is 2.26 bits per heavy atom. The molecular weight excluding hydrogens is 384 g/mol. The molecule has 5 nitrogen and oxygen atoms in total. The van der Waals surface area contributed by atoms with Gasteiger partial charge in [-0.25, -0.2) is 0 Å². The highest BCUT2D eigenvalue weighted by atomic mass is 16.5. The number of rotatable bonds is 6. The monoisotopic (exact) mass is 414 g/mol. The van der Waals surface area contributed by atoms with E-state index in [9.17, 15) is 0 Å². The molecule has 7 rings (SSSR count). The van der Waals surface area contributed by atoms with Crippen molar-refractivity contribution in [2.75, 3.05) is 10.6 Å². The van der Waals surface area contributed by atoms with Gasteiger partial charge in [0.1, 0.15) is 0 Å². The average Bonchev–Trinajstić information content (AvgIpc) is 3.21. The van der Waals surface area contributed by atoms with Gasteiger partial charge in [0.15, 0.2) is 0 Å². The number of anilines is 2. The largest absolute Gasteiger partial charge is 0.378 e. The van der Waals surface area contributed by atoms with Gasteiger partial charge < -0.3 is 15.2 Å². The molecule has 2 aromatic carbocycles. The van der Waals surface area contributed by atoms with Gasteiger partial charge in [0.25, 0.3) is 0 Å². The summed E-state index contributed by atoms with van der Waals surface area (Å²) in [4.78, 5) is 4.61. The van der Waals surface area contributed by atoms with E-state index in [0.29, 0.717) is 18.3 Å². The molecular formula is C26H30N4O. The lowest BCUT2D eigenvalue weighted by atomic mass is 9.53. The van der Waals surface area contributed by atoms with Crippen LogP contribution in [0.2, 0.25) is 0 Å². The summed E-state index contributed by atoms with van der Waals surface area (Å²) in [6, 6.07) is 16.7. The minimum absolute atomic E-state index is 0.287. The number of nitrogens with zero attached hydrogens (tertiary/aromatic N) is 2. The molecule has 3 aromatic rings. The van der Waals surface area contributed by atoms with Crippen molar-refractivity contribution in [2.24, 2.45) is 17.8 Å². The van der Waals surface area contributed by atoms with E-state index in [1.165, 1.54) is 44.2 Å². The fraction of sp³-hybridized carbons (Fsp3) is 0.462. The zero-order valence-electron chi connectivity index (χ0n) is 18.1. The SMILES string of the molecule is Cc1ccccc1-c1noc(CNc2ccccc2NC23CC4CC(CC(C4)C2)C3)n1. The zero-order valence-corrected chi connectivity index (χ0v) is 18.1. The predicted molar refractivity (Wildman–Crippen MR) is 123 cm³/mol. The highest BCUT2D eigenvalue weighted by Crippen LogP contribution is 2.56. The van der Waals surface area contributed by atoms with E-state index in [4.69, 9.17) is 4.52 Å². The third-order valence-electron chi connectivity index (χ3n) is 7.65. The summed E-state index contributed by atoms with van der Waals surface area (Å²) < 4.78 is 5.53. The summed E-state index contributed by atoms with van der Waals surface area (Å²) in [5.74, 6) is 4.03. The van der Waals surface area contributed by atoms with Gasteiger partial charge in [-0.3, -0.25) is 0 Å². The van der Waals surface area contributed by atoms with E-state index in [2.05, 4.69) is 58.0 Å². The topological polar surface area (TPSA) is 63.0 Å². The predicted octanol–water partition coefficient (Wildman–Crippen LogP) is 6.04. The summed E-state index contributed by atoms with van der Waals surface area (Å²) in [6.07, 6.45) is 8.37. The molecule has 4 bridgehead atoms. The van der Waals surface area contributed by atoms with Gasteiger partial charge in [-0.1, -0.05) is 41.6 Å². The third kappa shape index (κ3) is 3.60. The Hall–Kier alpha value is -2.82. The number of aryl methyl sites for hydroxylation is 1. The van der Waals surface area contributed by atoms with Gasteiger partial charge in [-0.2, -0.15) is 4.98 Å². The van der Waals surface area contributed by atoms with E-state index in [0.717, 1.165) is 34.6 Å². The fourth-order valence-electron chi connectivity index (χ4n) is 6.73. The molecule has 1 aromatic heterocycles. The molecule has 0 atom stereocenters. The molecule has 4 aliphatic carbocycles. The van der Waals surface area contributed by atoms with Crippen molar-refractivity contribution in [3.8, 4) is 11.4 Å². The molecule has 5 heteroatoms. The summed E-state index contributed by atoms with van der Waals surface area (Å²) in [5, 5.41) is 11.7. The number of para-hydroxylation sites is 2. The van der Waals surface area contributed by atoms with Crippen molar-refractivity contribution in [2.45, 2.75) is 57.5 Å². The quantitative estimate of drug-likeness (QED) is 0.515. The van der Waals surface area contributed by atoms with E-state index in [1.807, 2.05) is 18.2 Å². The summed E-state index contributed by atoms with van der Waals surface area (Å²) in [5.41, 5.74) is 4.75. The van der Waals surface area contributed by atoms with Crippen LogP contribution in [-0.4, -0.2) is 15.7 Å². The lowest BCUT2D eigenvalue weighted by molar-refractivity contribution is 0.0107. The lowest BCUT2D eigenvalue weighted by Gasteiger charge is -2.57. The minimum Gasteiger partial charge on any atom is -0.378 e. The van der Waals surface area contributed by atoms with E-state index in [1.54, 1.807) is 0 Å². The Labute approximate surface area is 183 Å². The molecule has 0 spiro atoms. The first-order valence-electron chi connectivity index (χ1n) is 11.7. The van der Waals surface area contributed by atoms with Gasteiger partial charge in [0.05, 0.1) is 17.9 Å². The highest BCUT2D eigenvalue weighted by molar-refractivity contribution is 5.69. The number of hydrogen-bond acceptors (Lipinski definition) is 5. The molecule has 160 valence electrons. The Morgan fingerprint density at radius 2 is 1.55 bits per heavy atom. The number of nitrogens with one attached hydrogen (secondary N) is 2. The van der Waals surface area contributed by atoms with Crippen molar-refractivity contribution in [1.82, 2.24) is 10.1 Å². The second-order valence-corrected chi connectivity index (χ2v) is 10.0. The van der Waals surface area contributed by atoms with E-state index < -0.39 is 0 Å². The van der Waals surface area contributed by atoms with Crippen LogP contribution >= 0.6 is 0 Å². The van der Waals surface area contributed by atoms with Crippen LogP contribution < -0.4 is 10.6 Å². The molecule has 1 heterocycles. The molecule has 4 aliphatic rings. The van der Waals surface area contributed by atoms with Crippen molar-refractivity contribution < 1.29 is 4.52 Å². The van der Waals surface area contributed by atoms with Crippen LogP contribution in [-0.2, 0) is 6.54 Å². The Balaban J connectivity index is 1.18. The van der Waals surface area contributed by atoms with Gasteiger partial charge in [-0.05, 0) is 80.9 Å². The van der Waals surface area contributed by atoms with E-state index >= 15 is 0 Å². The van der Waals surface area contributed by atoms with Crippen molar-refractivity contribution in [1.29, 1.82) is 0 Å². The fourth-order valence-corrected chi connectivity index (χ4v) is 6.73. The lowest BCUT2D eigenvalue weighted by Crippen LogP contribution is -2.54. The van der Waals surface area contributed by atoms with Crippen LogP contribution in [0.5, 0.6) is 0 Å². The summed E-state index contributed by atoms with van der Waals surface area (Å²) in [6.45, 7) is 2.58. The molecule has 0 amide bonds. The minimum atomic E-state index is 0.287. The van der Waals surface area contributed by atoms with Crippen LogP contribution in [0.25, 0.3) is 11.4 Å². The Kier molecular flexibility index (Phi) is 4.51. The van der Waals surface area contributed by atoms with Gasteiger partial charge in [0.2, 0.25) is 11.7 Å². The molecule has 31 heavy (non-hydrogen) atoms. The van der Waals surface area contributed by atoms with Crippen molar-refractivity contribution >= 4 is 11.4 Å². The maximum Gasteiger partial charge on any atom is 0.246 e. The average molecular weight is 415 g/mol. The third-order valence-corrected chi connectivity index (χ3v) is 7.65. The maximum absolute atomic E-state index is 5.53. The molecule has 4 fully saturated rings. The smallest absolute Gasteiger partial charge is 0.246 e. The molecule has 0 aliphatic heterocycles. The second kappa shape index (κ2) is 7.40. The molecule has 0 radical (unpaired) electrons. The first kappa shape index (κ1) is 18.9. The molecule has 0 unspecified atom stereocenters. The standard InChI is InChI=1S/C26H30N4O/c1-17-6-2-3-7-21(17)25-28-24(31-30-25)16-27-22-8-4-5-9-23(22)29-26-13-18-10-19(14-26)12-20(11-18)15-26/h2-9,18-20,27,29H,10-16H2,1H3. The first-order valence-corrected chi connectivity index (χ1v) is 11.7. The second-order valence-electron chi connectivity index (χ2n) is 10.0. The summed E-state index contributed by atoms with van der Waals surface area (Å²) >= 11 is 0. The first-order chi connectivity index (χ1) is 15.2. The number of hydrogen-bond donors (Lipinski definition) is 2. The van der Waals surface area contributed by atoms with Crippen molar-refractivity contribution in [3.05, 3.63) is 60.0 Å². The van der Waals surface area contributed by atoms with E-state index in [-0.39, 0.29) is 5.54 Å². The van der Waals surface area contributed by atoms with Crippen LogP contribution in [0.1, 0.15) is 50.0 Å². The maximum atomic E-state index is 5.53. The van der Waals surface area contributed by atoms with Crippen LogP contribution in [0, 0.1) is 24.7 Å². The van der Waals surface area contributed by atoms with Crippen LogP contribution in [0.3, 0.4) is 0 Å². The van der Waals surface area contributed by atoms with Crippen LogP contribution in [0.4, 0.5) is 11.4 Å².